The third-order valence-corrected chi connectivity index (χ3v) is 7.42. The van der Waals surface area contributed by atoms with E-state index in [9.17, 15) is 4.79 Å². The van der Waals surface area contributed by atoms with Gasteiger partial charge in [-0.2, -0.15) is 16.7 Å². The van der Waals surface area contributed by atoms with Crippen LogP contribution in [-0.2, 0) is 17.1 Å². The lowest BCUT2D eigenvalue weighted by Gasteiger charge is -2.30. The Morgan fingerprint density at radius 3 is 3.00 bits per heavy atom. The van der Waals surface area contributed by atoms with Crippen molar-refractivity contribution in [2.45, 2.75) is 25.1 Å². The molecule has 174 valence electrons. The molecule has 3 aromatic rings. The predicted octanol–water partition coefficient (Wildman–Crippen LogP) is 5.41. The van der Waals surface area contributed by atoms with Gasteiger partial charge in [-0.25, -0.2) is 0 Å². The number of thioether (sulfide) groups is 1. The number of benzene rings is 2. The minimum absolute atomic E-state index is 0.0141. The molecular formula is C24H26BrClN4O2S. The number of likely N-dealkylation sites (tertiary alicyclic amines) is 1. The third-order valence-electron chi connectivity index (χ3n) is 5.55. The number of carbonyl (C=O) groups is 1. The van der Waals surface area contributed by atoms with Gasteiger partial charge in [-0.1, -0.05) is 63.0 Å². The van der Waals surface area contributed by atoms with Crippen LogP contribution in [0.25, 0.3) is 11.4 Å². The van der Waals surface area contributed by atoms with Crippen LogP contribution in [0, 0.1) is 5.92 Å². The second-order valence-corrected chi connectivity index (χ2v) is 10.5. The van der Waals surface area contributed by atoms with Crippen LogP contribution in [0.2, 0.25) is 5.02 Å². The number of nitrogens with zero attached hydrogens (tertiary/aromatic N) is 3. The molecule has 4 rings (SSSR count). The molecule has 9 heteroatoms. The minimum atomic E-state index is -0.0141. The Morgan fingerprint density at radius 1 is 1.27 bits per heavy atom. The first-order valence-corrected chi connectivity index (χ1v) is 13.3. The molecule has 1 aliphatic rings. The zero-order valence-corrected chi connectivity index (χ0v) is 21.3. The summed E-state index contributed by atoms with van der Waals surface area (Å²) in [7, 11) is 0. The van der Waals surface area contributed by atoms with E-state index in [4.69, 9.17) is 16.1 Å². The molecule has 1 aliphatic heterocycles. The Bertz CT molecular complexity index is 1080. The van der Waals surface area contributed by atoms with E-state index in [-0.39, 0.29) is 11.8 Å². The van der Waals surface area contributed by atoms with E-state index in [1.807, 2.05) is 48.5 Å². The standard InChI is InChI=1S/C24H26BrClN4O2S/c25-20-8-3-6-17(13-20)23-28-22(32-29-23)15-30-11-4-7-18(14-30)24(31)27-10-12-33-16-19-5-1-2-9-21(19)26/h1-3,5-6,8-9,13,18H,4,7,10-12,14-16H2,(H,27,31). The third kappa shape index (κ3) is 7.06. The second-order valence-electron chi connectivity index (χ2n) is 8.03. The van der Waals surface area contributed by atoms with Crippen LogP contribution in [-0.4, -0.2) is 46.3 Å². The van der Waals surface area contributed by atoms with Gasteiger partial charge in [0, 0.05) is 39.7 Å². The molecule has 33 heavy (non-hydrogen) atoms. The molecule has 0 spiro atoms. The van der Waals surface area contributed by atoms with Crippen molar-refractivity contribution in [3.63, 3.8) is 0 Å². The molecule has 1 saturated heterocycles. The molecule has 2 heterocycles. The van der Waals surface area contributed by atoms with Gasteiger partial charge >= 0.3 is 0 Å². The van der Waals surface area contributed by atoms with Crippen molar-refractivity contribution < 1.29 is 9.32 Å². The smallest absolute Gasteiger partial charge is 0.241 e. The average molecular weight is 550 g/mol. The molecule has 0 saturated carbocycles. The normalized spacial score (nSPS) is 16.6. The zero-order valence-electron chi connectivity index (χ0n) is 18.2. The highest BCUT2D eigenvalue weighted by atomic mass is 79.9. The molecule has 1 aromatic heterocycles. The van der Waals surface area contributed by atoms with E-state index >= 15 is 0 Å². The number of amides is 1. The van der Waals surface area contributed by atoms with Gasteiger partial charge in [-0.05, 0) is 43.1 Å². The number of hydrogen-bond donors (Lipinski definition) is 1. The fourth-order valence-corrected chi connectivity index (χ4v) is 5.40. The van der Waals surface area contributed by atoms with E-state index < -0.39 is 0 Å². The van der Waals surface area contributed by atoms with Crippen molar-refractivity contribution in [1.82, 2.24) is 20.4 Å². The number of piperidine rings is 1. The molecule has 0 bridgehead atoms. The van der Waals surface area contributed by atoms with Crippen LogP contribution in [0.4, 0.5) is 0 Å². The Balaban J connectivity index is 1.20. The van der Waals surface area contributed by atoms with E-state index in [2.05, 4.69) is 36.3 Å². The lowest BCUT2D eigenvalue weighted by molar-refractivity contribution is -0.126. The van der Waals surface area contributed by atoms with Crippen molar-refractivity contribution >= 4 is 45.2 Å². The van der Waals surface area contributed by atoms with Gasteiger partial charge in [0.15, 0.2) is 0 Å². The first-order valence-electron chi connectivity index (χ1n) is 11.0. The second kappa shape index (κ2) is 12.0. The Hall–Kier alpha value is -1.87. The summed E-state index contributed by atoms with van der Waals surface area (Å²) < 4.78 is 6.43. The first kappa shape index (κ1) is 24.3. The largest absolute Gasteiger partial charge is 0.355 e. The van der Waals surface area contributed by atoms with E-state index in [0.717, 1.165) is 51.5 Å². The van der Waals surface area contributed by atoms with E-state index in [0.29, 0.717) is 31.3 Å². The fraction of sp³-hybridized carbons (Fsp3) is 0.375. The van der Waals surface area contributed by atoms with Gasteiger partial charge in [0.25, 0.3) is 0 Å². The number of nitrogens with one attached hydrogen (secondary N) is 1. The molecule has 2 aromatic carbocycles. The molecule has 0 radical (unpaired) electrons. The molecule has 6 nitrogen and oxygen atoms in total. The SMILES string of the molecule is O=C(NCCSCc1ccccc1Cl)C1CCCN(Cc2nc(-c3cccc(Br)c3)no2)C1. The molecule has 1 fully saturated rings. The van der Waals surface area contributed by atoms with Crippen molar-refractivity contribution in [3.8, 4) is 11.4 Å². The van der Waals surface area contributed by atoms with Crippen molar-refractivity contribution in [3.05, 3.63) is 69.5 Å². The highest BCUT2D eigenvalue weighted by molar-refractivity contribution is 9.10. The highest BCUT2D eigenvalue weighted by Gasteiger charge is 2.26. The monoisotopic (exact) mass is 548 g/mol. The number of hydrogen-bond acceptors (Lipinski definition) is 6. The van der Waals surface area contributed by atoms with E-state index in [1.54, 1.807) is 11.8 Å². The predicted molar refractivity (Wildman–Crippen MR) is 136 cm³/mol. The summed E-state index contributed by atoms with van der Waals surface area (Å²) in [6, 6.07) is 15.7. The summed E-state index contributed by atoms with van der Waals surface area (Å²) in [6.45, 7) is 2.84. The van der Waals surface area contributed by atoms with Crippen LogP contribution in [0.15, 0.2) is 57.5 Å². The summed E-state index contributed by atoms with van der Waals surface area (Å²) in [6.07, 6.45) is 1.88. The maximum absolute atomic E-state index is 12.7. The lowest BCUT2D eigenvalue weighted by Crippen LogP contribution is -2.43. The molecule has 1 unspecified atom stereocenters. The van der Waals surface area contributed by atoms with Crippen molar-refractivity contribution in [2.75, 3.05) is 25.4 Å². The van der Waals surface area contributed by atoms with E-state index in [1.165, 1.54) is 0 Å². The van der Waals surface area contributed by atoms with Gasteiger partial charge in [-0.3, -0.25) is 9.69 Å². The Kier molecular flexibility index (Phi) is 8.83. The summed E-state index contributed by atoms with van der Waals surface area (Å²) in [5.74, 6) is 2.96. The van der Waals surface area contributed by atoms with Crippen LogP contribution in [0.1, 0.15) is 24.3 Å². The molecule has 1 N–H and O–H groups in total. The van der Waals surface area contributed by atoms with Crippen LogP contribution in [0.3, 0.4) is 0 Å². The average Bonchev–Trinajstić information content (AvgIpc) is 3.28. The molecular weight excluding hydrogens is 524 g/mol. The Labute approximate surface area is 211 Å². The van der Waals surface area contributed by atoms with Crippen LogP contribution < -0.4 is 5.32 Å². The number of halogens is 2. The minimum Gasteiger partial charge on any atom is -0.355 e. The zero-order chi connectivity index (χ0) is 23.0. The summed E-state index contributed by atoms with van der Waals surface area (Å²) >= 11 is 11.4. The number of rotatable bonds is 9. The summed E-state index contributed by atoms with van der Waals surface area (Å²) in [4.78, 5) is 19.4. The van der Waals surface area contributed by atoms with Gasteiger partial charge in [-0.15, -0.1) is 0 Å². The molecule has 1 atom stereocenters. The van der Waals surface area contributed by atoms with Gasteiger partial charge in [0.05, 0.1) is 12.5 Å². The van der Waals surface area contributed by atoms with Crippen molar-refractivity contribution in [1.29, 1.82) is 0 Å². The fourth-order valence-electron chi connectivity index (χ4n) is 3.86. The molecule has 1 amide bonds. The Morgan fingerprint density at radius 2 is 2.15 bits per heavy atom. The van der Waals surface area contributed by atoms with Crippen molar-refractivity contribution in [2.24, 2.45) is 5.92 Å². The van der Waals surface area contributed by atoms with Crippen LogP contribution in [0.5, 0.6) is 0 Å². The quantitative estimate of drug-likeness (QED) is 0.360. The summed E-state index contributed by atoms with van der Waals surface area (Å²) in [5.41, 5.74) is 2.03. The summed E-state index contributed by atoms with van der Waals surface area (Å²) in [5, 5.41) is 8.00. The topological polar surface area (TPSA) is 71.3 Å². The van der Waals surface area contributed by atoms with Gasteiger partial charge < -0.3 is 9.84 Å². The van der Waals surface area contributed by atoms with Gasteiger partial charge in [0.1, 0.15) is 0 Å². The lowest BCUT2D eigenvalue weighted by atomic mass is 9.97. The number of aromatic nitrogens is 2. The molecule has 0 aliphatic carbocycles. The van der Waals surface area contributed by atoms with Crippen LogP contribution >= 0.6 is 39.3 Å². The highest BCUT2D eigenvalue weighted by Crippen LogP contribution is 2.23. The van der Waals surface area contributed by atoms with Gasteiger partial charge in [0.2, 0.25) is 17.6 Å². The number of carbonyl (C=O) groups excluding carboxylic acids is 1. The first-order chi connectivity index (χ1) is 16.1. The maximum atomic E-state index is 12.7. The maximum Gasteiger partial charge on any atom is 0.241 e.